The average molecular weight is 343 g/mol. The zero-order chi connectivity index (χ0) is 16.1. The molecular formula is C16H20Cl2N2O2. The van der Waals surface area contributed by atoms with Crippen molar-refractivity contribution in [3.8, 4) is 0 Å². The lowest BCUT2D eigenvalue weighted by Crippen LogP contribution is -2.37. The molecule has 1 aromatic rings. The first kappa shape index (κ1) is 17.1. The van der Waals surface area contributed by atoms with Crippen LogP contribution in [-0.2, 0) is 9.63 Å². The van der Waals surface area contributed by atoms with Crippen molar-refractivity contribution in [2.75, 3.05) is 13.1 Å². The van der Waals surface area contributed by atoms with Crippen molar-refractivity contribution in [1.82, 2.24) is 4.90 Å². The summed E-state index contributed by atoms with van der Waals surface area (Å²) in [6.07, 6.45) is 1.99. The Hall–Kier alpha value is -1.26. The molecule has 0 bridgehead atoms. The van der Waals surface area contributed by atoms with Gasteiger partial charge in [-0.3, -0.25) is 4.79 Å². The number of rotatable bonds is 6. The number of carbonyl (C=O) groups is 1. The molecule has 0 N–H and O–H groups in total. The van der Waals surface area contributed by atoms with Crippen LogP contribution in [0.4, 0.5) is 0 Å². The third-order valence-corrected chi connectivity index (χ3v) is 4.30. The van der Waals surface area contributed by atoms with E-state index >= 15 is 0 Å². The van der Waals surface area contributed by atoms with Crippen molar-refractivity contribution >= 4 is 34.8 Å². The Bertz CT molecular complexity index is 575. The number of nitrogens with zero attached hydrogens (tertiary/aromatic N) is 2. The maximum atomic E-state index is 11.9. The monoisotopic (exact) mass is 342 g/mol. The summed E-state index contributed by atoms with van der Waals surface area (Å²) in [5.41, 5.74) is 1.74. The van der Waals surface area contributed by atoms with Crippen LogP contribution in [0.1, 0.15) is 38.7 Å². The van der Waals surface area contributed by atoms with Gasteiger partial charge in [-0.2, -0.15) is 0 Å². The van der Waals surface area contributed by atoms with Gasteiger partial charge < -0.3 is 9.74 Å². The van der Waals surface area contributed by atoms with Gasteiger partial charge in [0, 0.05) is 24.9 Å². The molecule has 0 unspecified atom stereocenters. The number of halogens is 2. The van der Waals surface area contributed by atoms with E-state index in [2.05, 4.69) is 12.1 Å². The molecule has 120 valence electrons. The highest BCUT2D eigenvalue weighted by Gasteiger charge is 2.26. The minimum Gasteiger partial charge on any atom is -0.390 e. The van der Waals surface area contributed by atoms with Crippen LogP contribution in [0.25, 0.3) is 0 Å². The number of amides is 1. The van der Waals surface area contributed by atoms with E-state index in [0.717, 1.165) is 24.2 Å². The molecule has 1 amide bonds. The van der Waals surface area contributed by atoms with Crippen LogP contribution in [0.5, 0.6) is 0 Å². The van der Waals surface area contributed by atoms with Gasteiger partial charge in [0.1, 0.15) is 0 Å². The van der Waals surface area contributed by atoms with Crippen molar-refractivity contribution in [2.45, 2.75) is 39.2 Å². The average Bonchev–Trinajstić information content (AvgIpc) is 2.97. The molecule has 0 aromatic heterocycles. The number of hydrogen-bond donors (Lipinski definition) is 0. The van der Waals surface area contributed by atoms with E-state index in [1.807, 2.05) is 17.9 Å². The molecule has 0 fully saturated rings. The molecule has 0 saturated heterocycles. The fourth-order valence-electron chi connectivity index (χ4n) is 2.43. The van der Waals surface area contributed by atoms with Gasteiger partial charge >= 0.3 is 0 Å². The molecule has 1 aliphatic heterocycles. The Labute approximate surface area is 141 Å². The second-order valence-corrected chi connectivity index (χ2v) is 6.11. The second-order valence-electron chi connectivity index (χ2n) is 5.29. The molecule has 2 rings (SSSR count). The number of carbonyl (C=O) groups excluding carboxylic acids is 1. The Balaban J connectivity index is 1.98. The van der Waals surface area contributed by atoms with Crippen LogP contribution < -0.4 is 0 Å². The fourth-order valence-corrected chi connectivity index (χ4v) is 2.73. The molecule has 1 aromatic carbocycles. The van der Waals surface area contributed by atoms with Crippen molar-refractivity contribution in [3.63, 3.8) is 0 Å². The molecule has 1 atom stereocenters. The van der Waals surface area contributed by atoms with E-state index in [0.29, 0.717) is 29.4 Å². The Kier molecular flexibility index (Phi) is 6.09. The van der Waals surface area contributed by atoms with E-state index in [4.69, 9.17) is 28.0 Å². The summed E-state index contributed by atoms with van der Waals surface area (Å²) in [6.45, 7) is 5.24. The molecule has 0 radical (unpaired) electrons. The molecule has 0 saturated carbocycles. The molecule has 22 heavy (non-hydrogen) atoms. The van der Waals surface area contributed by atoms with Gasteiger partial charge in [-0.1, -0.05) is 48.3 Å². The van der Waals surface area contributed by atoms with Crippen molar-refractivity contribution in [1.29, 1.82) is 0 Å². The standard InChI is InChI=1S/C16H20Cl2N2O2/c1-3-7-20(16(21)4-2)10-12-9-15(19-22-12)11-5-6-13(17)14(18)8-11/h5-6,8,12H,3-4,7,9-10H2,1-2H3/t12-/m0/s1. The smallest absolute Gasteiger partial charge is 0.222 e. The molecule has 1 heterocycles. The Morgan fingerprint density at radius 2 is 2.14 bits per heavy atom. The Morgan fingerprint density at radius 3 is 2.77 bits per heavy atom. The summed E-state index contributed by atoms with van der Waals surface area (Å²) < 4.78 is 0. The third kappa shape index (κ3) is 4.14. The maximum Gasteiger partial charge on any atom is 0.222 e. The minimum atomic E-state index is -0.105. The number of benzene rings is 1. The minimum absolute atomic E-state index is 0.105. The highest BCUT2D eigenvalue weighted by molar-refractivity contribution is 6.42. The Morgan fingerprint density at radius 1 is 1.36 bits per heavy atom. The van der Waals surface area contributed by atoms with Gasteiger partial charge in [0.15, 0.2) is 6.10 Å². The van der Waals surface area contributed by atoms with E-state index in [9.17, 15) is 4.79 Å². The quantitative estimate of drug-likeness (QED) is 0.779. The third-order valence-electron chi connectivity index (χ3n) is 3.56. The number of hydrogen-bond acceptors (Lipinski definition) is 3. The van der Waals surface area contributed by atoms with Gasteiger partial charge in [0.25, 0.3) is 0 Å². The summed E-state index contributed by atoms with van der Waals surface area (Å²) in [7, 11) is 0. The maximum absolute atomic E-state index is 11.9. The van der Waals surface area contributed by atoms with Crippen LogP contribution in [0.15, 0.2) is 23.4 Å². The second kappa shape index (κ2) is 7.84. The lowest BCUT2D eigenvalue weighted by atomic mass is 10.0. The van der Waals surface area contributed by atoms with Gasteiger partial charge in [0.05, 0.1) is 22.3 Å². The van der Waals surface area contributed by atoms with E-state index in [-0.39, 0.29) is 12.0 Å². The van der Waals surface area contributed by atoms with E-state index in [1.165, 1.54) is 0 Å². The zero-order valence-corrected chi connectivity index (χ0v) is 14.3. The first-order valence-corrected chi connectivity index (χ1v) is 8.26. The highest BCUT2D eigenvalue weighted by atomic mass is 35.5. The summed E-state index contributed by atoms with van der Waals surface area (Å²) in [5, 5.41) is 5.15. The lowest BCUT2D eigenvalue weighted by Gasteiger charge is -2.23. The highest BCUT2D eigenvalue weighted by Crippen LogP contribution is 2.25. The van der Waals surface area contributed by atoms with Gasteiger partial charge in [-0.25, -0.2) is 0 Å². The molecule has 0 aliphatic carbocycles. The SMILES string of the molecule is CCCN(C[C@@H]1CC(c2ccc(Cl)c(Cl)c2)=NO1)C(=O)CC. The summed E-state index contributed by atoms with van der Waals surface area (Å²) in [6, 6.07) is 5.41. The summed E-state index contributed by atoms with van der Waals surface area (Å²) in [4.78, 5) is 19.2. The summed E-state index contributed by atoms with van der Waals surface area (Å²) in [5.74, 6) is 0.147. The number of oxime groups is 1. The molecule has 4 nitrogen and oxygen atoms in total. The fraction of sp³-hybridized carbons (Fsp3) is 0.500. The predicted octanol–water partition coefficient (Wildman–Crippen LogP) is 4.14. The van der Waals surface area contributed by atoms with Crippen LogP contribution in [0.3, 0.4) is 0 Å². The van der Waals surface area contributed by atoms with Crippen molar-refractivity contribution in [3.05, 3.63) is 33.8 Å². The van der Waals surface area contributed by atoms with E-state index in [1.54, 1.807) is 12.1 Å². The predicted molar refractivity (Wildman–Crippen MR) is 89.7 cm³/mol. The molecule has 1 aliphatic rings. The van der Waals surface area contributed by atoms with Crippen molar-refractivity contribution < 1.29 is 9.63 Å². The van der Waals surface area contributed by atoms with Crippen LogP contribution in [0, 0.1) is 0 Å². The van der Waals surface area contributed by atoms with Crippen LogP contribution in [0.2, 0.25) is 10.0 Å². The largest absolute Gasteiger partial charge is 0.390 e. The van der Waals surface area contributed by atoms with Crippen LogP contribution in [-0.4, -0.2) is 35.7 Å². The normalized spacial score (nSPS) is 17.1. The first-order chi connectivity index (χ1) is 10.5. The lowest BCUT2D eigenvalue weighted by molar-refractivity contribution is -0.132. The molecular weight excluding hydrogens is 323 g/mol. The van der Waals surface area contributed by atoms with Gasteiger partial charge in [-0.05, 0) is 18.6 Å². The van der Waals surface area contributed by atoms with Gasteiger partial charge in [-0.15, -0.1) is 0 Å². The van der Waals surface area contributed by atoms with Gasteiger partial charge in [0.2, 0.25) is 5.91 Å². The summed E-state index contributed by atoms with van der Waals surface area (Å²) >= 11 is 12.0. The first-order valence-electron chi connectivity index (χ1n) is 7.51. The molecule has 6 heteroatoms. The topological polar surface area (TPSA) is 41.9 Å². The molecule has 0 spiro atoms. The van der Waals surface area contributed by atoms with E-state index < -0.39 is 0 Å². The van der Waals surface area contributed by atoms with Crippen molar-refractivity contribution in [2.24, 2.45) is 5.16 Å². The van der Waals surface area contributed by atoms with Crippen LogP contribution >= 0.6 is 23.2 Å². The zero-order valence-electron chi connectivity index (χ0n) is 12.8.